The first-order valence-electron chi connectivity index (χ1n) is 8.61. The number of hydrogen-bond acceptors (Lipinski definition) is 5. The summed E-state index contributed by atoms with van der Waals surface area (Å²) in [6.45, 7) is 1.93. The smallest absolute Gasteiger partial charge is 0.259 e. The van der Waals surface area contributed by atoms with Crippen molar-refractivity contribution in [2.45, 2.75) is 13.3 Å². The molecule has 0 saturated carbocycles. The van der Waals surface area contributed by atoms with Crippen LogP contribution in [0.25, 0.3) is 11.5 Å². The summed E-state index contributed by atoms with van der Waals surface area (Å²) < 4.78 is 16.3. The lowest BCUT2D eigenvalue weighted by Gasteiger charge is -2.09. The van der Waals surface area contributed by atoms with Gasteiger partial charge in [0.05, 0.1) is 35.0 Å². The Labute approximate surface area is 159 Å². The van der Waals surface area contributed by atoms with Gasteiger partial charge in [0, 0.05) is 0 Å². The van der Waals surface area contributed by atoms with E-state index >= 15 is 0 Å². The number of anilines is 1. The molecule has 0 aliphatic rings. The van der Waals surface area contributed by atoms with Gasteiger partial charge in [-0.2, -0.15) is 10.2 Å². The van der Waals surface area contributed by atoms with E-state index in [1.54, 1.807) is 35.1 Å². The third-order valence-electron chi connectivity index (χ3n) is 4.18. The van der Waals surface area contributed by atoms with Crippen molar-refractivity contribution in [1.82, 2.24) is 29.5 Å². The number of aromatic nitrogens is 6. The van der Waals surface area contributed by atoms with Gasteiger partial charge in [-0.3, -0.25) is 4.79 Å². The number of nitrogens with zero attached hydrogens (tertiary/aromatic N) is 6. The number of carbonyl (C=O) groups is 1. The van der Waals surface area contributed by atoms with Gasteiger partial charge in [-0.05, 0) is 42.8 Å². The molecule has 8 nitrogen and oxygen atoms in total. The highest BCUT2D eigenvalue weighted by atomic mass is 19.1. The third kappa shape index (κ3) is 3.37. The van der Waals surface area contributed by atoms with Crippen LogP contribution in [0.2, 0.25) is 0 Å². The minimum atomic E-state index is -0.325. The number of carbonyl (C=O) groups excluding carboxylic acids is 1. The topological polar surface area (TPSA) is 90.5 Å². The second kappa shape index (κ2) is 7.39. The van der Waals surface area contributed by atoms with Gasteiger partial charge < -0.3 is 5.32 Å². The lowest BCUT2D eigenvalue weighted by molar-refractivity contribution is 0.102. The summed E-state index contributed by atoms with van der Waals surface area (Å²) in [5.74, 6) is -0.0249. The molecule has 0 unspecified atom stereocenters. The van der Waals surface area contributed by atoms with Crippen LogP contribution in [0.5, 0.6) is 0 Å². The van der Waals surface area contributed by atoms with E-state index in [1.807, 2.05) is 6.92 Å². The maximum Gasteiger partial charge on any atom is 0.259 e. The molecule has 3 heterocycles. The summed E-state index contributed by atoms with van der Waals surface area (Å²) in [5.41, 5.74) is 2.42. The van der Waals surface area contributed by atoms with Crippen LogP contribution in [0, 0.1) is 5.82 Å². The zero-order valence-corrected chi connectivity index (χ0v) is 15.0. The molecule has 1 amide bonds. The molecular formula is C19H16FN7O. The summed E-state index contributed by atoms with van der Waals surface area (Å²) in [6.07, 6.45) is 6.60. The molecule has 0 radical (unpaired) electrons. The van der Waals surface area contributed by atoms with Crippen LogP contribution in [0.1, 0.15) is 23.0 Å². The Morgan fingerprint density at radius 3 is 2.57 bits per heavy atom. The molecule has 28 heavy (non-hydrogen) atoms. The molecule has 1 N–H and O–H groups in total. The maximum atomic E-state index is 13.2. The van der Waals surface area contributed by atoms with E-state index in [9.17, 15) is 9.18 Å². The lowest BCUT2D eigenvalue weighted by atomic mass is 10.2. The molecule has 1 aromatic carbocycles. The highest BCUT2D eigenvalue weighted by Gasteiger charge is 2.17. The molecule has 4 rings (SSSR count). The van der Waals surface area contributed by atoms with Crippen molar-refractivity contribution >= 4 is 11.6 Å². The second-order valence-corrected chi connectivity index (χ2v) is 5.95. The zero-order valence-electron chi connectivity index (χ0n) is 15.0. The lowest BCUT2D eigenvalue weighted by Crippen LogP contribution is -2.14. The van der Waals surface area contributed by atoms with Crippen LogP contribution in [0.15, 0.2) is 61.4 Å². The summed E-state index contributed by atoms with van der Waals surface area (Å²) >= 11 is 0. The van der Waals surface area contributed by atoms with Crippen LogP contribution in [0.4, 0.5) is 10.1 Å². The maximum absolute atomic E-state index is 13.2. The average molecular weight is 377 g/mol. The Kier molecular flexibility index (Phi) is 4.63. The Balaban J connectivity index is 1.56. The fourth-order valence-electron chi connectivity index (χ4n) is 2.83. The molecule has 140 valence electrons. The van der Waals surface area contributed by atoms with Crippen LogP contribution >= 0.6 is 0 Å². The largest absolute Gasteiger partial charge is 0.320 e. The van der Waals surface area contributed by atoms with Gasteiger partial charge in [0.1, 0.15) is 18.5 Å². The van der Waals surface area contributed by atoms with Gasteiger partial charge in [0.2, 0.25) is 0 Å². The van der Waals surface area contributed by atoms with Gasteiger partial charge >= 0.3 is 0 Å². The predicted molar refractivity (Wildman–Crippen MR) is 100 cm³/mol. The molecule has 4 aromatic rings. The Hall–Kier alpha value is -3.88. The normalized spacial score (nSPS) is 10.8. The third-order valence-corrected chi connectivity index (χ3v) is 4.18. The highest BCUT2D eigenvalue weighted by Crippen LogP contribution is 2.18. The SMILES string of the molecule is CCc1c(C(=O)Nc2ccc(-n3cncn3)nc2)cnn1-c1ccc(F)cc1. The number of pyridine rings is 1. The van der Waals surface area contributed by atoms with E-state index < -0.39 is 0 Å². The van der Waals surface area contributed by atoms with Crippen molar-refractivity contribution in [2.24, 2.45) is 0 Å². The van der Waals surface area contributed by atoms with Crippen LogP contribution in [-0.2, 0) is 6.42 Å². The minimum Gasteiger partial charge on any atom is -0.320 e. The predicted octanol–water partition coefficient (Wildman–Crippen LogP) is 2.80. The first kappa shape index (κ1) is 17.5. The molecule has 9 heteroatoms. The van der Waals surface area contributed by atoms with Crippen molar-refractivity contribution < 1.29 is 9.18 Å². The summed E-state index contributed by atoms with van der Waals surface area (Å²) in [6, 6.07) is 9.42. The molecule has 0 saturated heterocycles. The Morgan fingerprint density at radius 2 is 1.93 bits per heavy atom. The second-order valence-electron chi connectivity index (χ2n) is 5.95. The van der Waals surface area contributed by atoms with E-state index in [2.05, 4.69) is 25.5 Å². The number of halogens is 1. The zero-order chi connectivity index (χ0) is 19.5. The standard InChI is InChI=1S/C19H16FN7O/c1-2-17-16(10-23-27(17)15-6-3-13(20)4-7-15)19(28)25-14-5-8-18(22-9-14)26-12-21-11-24-26/h3-12H,2H2,1H3,(H,25,28). The van der Waals surface area contributed by atoms with E-state index in [0.29, 0.717) is 29.2 Å². The highest BCUT2D eigenvalue weighted by molar-refractivity contribution is 6.05. The first-order valence-corrected chi connectivity index (χ1v) is 8.61. The molecule has 0 atom stereocenters. The summed E-state index contributed by atoms with van der Waals surface area (Å²) in [5, 5.41) is 11.1. The Morgan fingerprint density at radius 1 is 1.11 bits per heavy atom. The van der Waals surface area contributed by atoms with Gasteiger partial charge in [-0.1, -0.05) is 6.92 Å². The van der Waals surface area contributed by atoms with E-state index in [0.717, 1.165) is 5.69 Å². The summed E-state index contributed by atoms with van der Waals surface area (Å²) in [7, 11) is 0. The van der Waals surface area contributed by atoms with Crippen LogP contribution in [-0.4, -0.2) is 35.4 Å². The van der Waals surface area contributed by atoms with Gasteiger partial charge in [0.25, 0.3) is 5.91 Å². The molecule has 0 aliphatic carbocycles. The van der Waals surface area contributed by atoms with E-state index in [1.165, 1.54) is 35.7 Å². The monoisotopic (exact) mass is 377 g/mol. The van der Waals surface area contributed by atoms with E-state index in [-0.39, 0.29) is 11.7 Å². The van der Waals surface area contributed by atoms with Crippen molar-refractivity contribution in [3.05, 3.63) is 78.5 Å². The minimum absolute atomic E-state index is 0.291. The van der Waals surface area contributed by atoms with Gasteiger partial charge in [-0.15, -0.1) is 0 Å². The fraction of sp³-hybridized carbons (Fsp3) is 0.105. The number of rotatable bonds is 5. The fourth-order valence-corrected chi connectivity index (χ4v) is 2.83. The Bertz CT molecular complexity index is 1090. The summed E-state index contributed by atoms with van der Waals surface area (Å²) in [4.78, 5) is 20.9. The van der Waals surface area contributed by atoms with Crippen LogP contribution < -0.4 is 5.32 Å². The van der Waals surface area contributed by atoms with Gasteiger partial charge in [-0.25, -0.2) is 23.7 Å². The van der Waals surface area contributed by atoms with Gasteiger partial charge in [0.15, 0.2) is 5.82 Å². The van der Waals surface area contributed by atoms with Crippen molar-refractivity contribution in [3.8, 4) is 11.5 Å². The number of amides is 1. The first-order chi connectivity index (χ1) is 13.7. The molecular weight excluding hydrogens is 361 g/mol. The molecule has 0 spiro atoms. The number of hydrogen-bond donors (Lipinski definition) is 1. The number of benzene rings is 1. The van der Waals surface area contributed by atoms with Crippen LogP contribution in [0.3, 0.4) is 0 Å². The van der Waals surface area contributed by atoms with E-state index in [4.69, 9.17) is 0 Å². The van der Waals surface area contributed by atoms with Crippen molar-refractivity contribution in [1.29, 1.82) is 0 Å². The molecule has 0 fully saturated rings. The molecule has 0 bridgehead atoms. The quantitative estimate of drug-likeness (QED) is 0.578. The van der Waals surface area contributed by atoms with Crippen molar-refractivity contribution in [3.63, 3.8) is 0 Å². The molecule has 3 aromatic heterocycles. The average Bonchev–Trinajstić information content (AvgIpc) is 3.39. The van der Waals surface area contributed by atoms with Crippen molar-refractivity contribution in [2.75, 3.05) is 5.32 Å². The number of nitrogens with one attached hydrogen (secondary N) is 1. The molecule has 0 aliphatic heterocycles.